The second-order valence-electron chi connectivity index (χ2n) is 4.60. The summed E-state index contributed by atoms with van der Waals surface area (Å²) in [6.07, 6.45) is 0.514. The van der Waals surface area contributed by atoms with Crippen LogP contribution >= 0.6 is 15.9 Å². The third kappa shape index (κ3) is 1.80. The van der Waals surface area contributed by atoms with Crippen LogP contribution in [0.4, 0.5) is 0 Å². The monoisotopic (exact) mass is 287 g/mol. The summed E-state index contributed by atoms with van der Waals surface area (Å²) >= 11 is 3.42. The van der Waals surface area contributed by atoms with Crippen LogP contribution in [0.1, 0.15) is 38.3 Å². The van der Waals surface area contributed by atoms with Gasteiger partial charge in [-0.25, -0.2) is 0 Å². The molecule has 5 heteroatoms. The minimum Gasteiger partial charge on any atom is -0.374 e. The van der Waals surface area contributed by atoms with Gasteiger partial charge in [0.25, 0.3) is 0 Å². The molecule has 0 radical (unpaired) electrons. The van der Waals surface area contributed by atoms with Crippen LogP contribution < -0.4 is 0 Å². The molecule has 0 amide bonds. The molecule has 16 heavy (non-hydrogen) atoms. The Labute approximate surface area is 105 Å². The molecule has 2 heterocycles. The first-order valence-corrected chi connectivity index (χ1v) is 6.78. The lowest BCUT2D eigenvalue weighted by Crippen LogP contribution is -2.19. The lowest BCUT2D eigenvalue weighted by molar-refractivity contribution is 0.0552. The number of nitrogens with zero attached hydrogens (tertiary/aromatic N) is 3. The van der Waals surface area contributed by atoms with E-state index in [1.54, 1.807) is 0 Å². The fraction of sp³-hybridized carbons (Fsp3) is 0.818. The molecule has 4 atom stereocenters. The molecule has 1 aromatic rings. The minimum atomic E-state index is 0.219. The van der Waals surface area contributed by atoms with Gasteiger partial charge in [-0.15, -0.1) is 10.2 Å². The summed E-state index contributed by atoms with van der Waals surface area (Å²) in [6.45, 7) is 6.47. The Morgan fingerprint density at radius 2 is 1.94 bits per heavy atom. The number of hydrogen-bond donors (Lipinski definition) is 0. The van der Waals surface area contributed by atoms with E-state index < -0.39 is 0 Å². The first kappa shape index (κ1) is 12.0. The molecular weight excluding hydrogens is 270 g/mol. The van der Waals surface area contributed by atoms with Gasteiger partial charge in [0.15, 0.2) is 0 Å². The van der Waals surface area contributed by atoms with Gasteiger partial charge in [-0.05, 0) is 19.8 Å². The summed E-state index contributed by atoms with van der Waals surface area (Å²) in [5.41, 5.74) is 0. The average Bonchev–Trinajstić information content (AvgIpc) is 2.70. The quantitative estimate of drug-likeness (QED) is 0.784. The van der Waals surface area contributed by atoms with Crippen molar-refractivity contribution in [3.63, 3.8) is 0 Å². The van der Waals surface area contributed by atoms with Crippen LogP contribution in [0.25, 0.3) is 0 Å². The number of alkyl halides is 1. The molecule has 1 saturated heterocycles. The first-order chi connectivity index (χ1) is 7.56. The van der Waals surface area contributed by atoms with Crippen molar-refractivity contribution in [1.82, 2.24) is 14.8 Å². The van der Waals surface area contributed by atoms with Crippen LogP contribution in [-0.4, -0.2) is 27.0 Å². The molecule has 4 nitrogen and oxygen atoms in total. The molecule has 4 unspecified atom stereocenters. The van der Waals surface area contributed by atoms with Gasteiger partial charge in [0.1, 0.15) is 11.6 Å². The Kier molecular flexibility index (Phi) is 3.35. The Morgan fingerprint density at radius 1 is 1.25 bits per heavy atom. The molecule has 0 bridgehead atoms. The molecule has 2 rings (SSSR count). The number of hydrogen-bond acceptors (Lipinski definition) is 3. The van der Waals surface area contributed by atoms with Crippen molar-refractivity contribution in [3.8, 4) is 0 Å². The van der Waals surface area contributed by atoms with Crippen LogP contribution in [-0.2, 0) is 17.1 Å². The summed E-state index contributed by atoms with van der Waals surface area (Å²) in [4.78, 5) is 0. The number of aromatic nitrogens is 3. The predicted octanol–water partition coefficient (Wildman–Crippen LogP) is 2.24. The summed E-state index contributed by atoms with van der Waals surface area (Å²) in [5.74, 6) is 2.84. The van der Waals surface area contributed by atoms with E-state index in [1.807, 2.05) is 7.05 Å². The second kappa shape index (κ2) is 4.45. The zero-order chi connectivity index (χ0) is 11.9. The largest absolute Gasteiger partial charge is 0.374 e. The number of rotatable bonds is 2. The van der Waals surface area contributed by atoms with Crippen LogP contribution in [0.2, 0.25) is 0 Å². The molecule has 1 aromatic heterocycles. The molecule has 90 valence electrons. The predicted molar refractivity (Wildman–Crippen MR) is 65.5 cm³/mol. The van der Waals surface area contributed by atoms with E-state index in [1.165, 1.54) is 0 Å². The molecule has 1 fully saturated rings. The van der Waals surface area contributed by atoms with Gasteiger partial charge in [-0.1, -0.05) is 22.9 Å². The fourth-order valence-electron chi connectivity index (χ4n) is 2.49. The SMILES string of the molecule is CC1OC(C)C(c2nnc(CBr)n2C)C1C. The van der Waals surface area contributed by atoms with Gasteiger partial charge in [0.05, 0.1) is 23.5 Å². The van der Waals surface area contributed by atoms with E-state index in [0.717, 1.165) is 17.0 Å². The summed E-state index contributed by atoms with van der Waals surface area (Å²) in [5, 5.41) is 9.23. The fourth-order valence-corrected chi connectivity index (χ4v) is 2.98. The van der Waals surface area contributed by atoms with Gasteiger partial charge >= 0.3 is 0 Å². The van der Waals surface area contributed by atoms with Gasteiger partial charge < -0.3 is 9.30 Å². The van der Waals surface area contributed by atoms with E-state index in [4.69, 9.17) is 4.74 Å². The number of halogens is 1. The smallest absolute Gasteiger partial charge is 0.143 e. The lowest BCUT2D eigenvalue weighted by Gasteiger charge is -2.17. The Balaban J connectivity index is 2.33. The zero-order valence-electron chi connectivity index (χ0n) is 10.1. The third-order valence-corrected chi connectivity index (χ3v) is 4.16. The van der Waals surface area contributed by atoms with Gasteiger partial charge in [-0.2, -0.15) is 0 Å². The maximum absolute atomic E-state index is 5.85. The molecule has 0 spiro atoms. The van der Waals surface area contributed by atoms with Gasteiger partial charge in [-0.3, -0.25) is 0 Å². The van der Waals surface area contributed by atoms with Crippen molar-refractivity contribution in [1.29, 1.82) is 0 Å². The van der Waals surface area contributed by atoms with E-state index in [2.05, 4.69) is 51.5 Å². The highest BCUT2D eigenvalue weighted by Crippen LogP contribution is 2.38. The van der Waals surface area contributed by atoms with Crippen LogP contribution in [0.15, 0.2) is 0 Å². The molecule has 0 saturated carbocycles. The normalized spacial score (nSPS) is 34.6. The van der Waals surface area contributed by atoms with Crippen molar-refractivity contribution < 1.29 is 4.74 Å². The molecular formula is C11H18BrN3O. The molecule has 0 aliphatic carbocycles. The molecule has 0 aromatic carbocycles. The summed E-state index contributed by atoms with van der Waals surface area (Å²) in [7, 11) is 2.02. The Bertz CT molecular complexity index is 379. The highest BCUT2D eigenvalue weighted by Gasteiger charge is 2.40. The van der Waals surface area contributed by atoms with Crippen molar-refractivity contribution >= 4 is 15.9 Å². The van der Waals surface area contributed by atoms with Crippen LogP contribution in [0.5, 0.6) is 0 Å². The van der Waals surface area contributed by atoms with E-state index in [9.17, 15) is 0 Å². The van der Waals surface area contributed by atoms with Gasteiger partial charge in [0, 0.05) is 7.05 Å². The minimum absolute atomic E-state index is 0.219. The Hall–Kier alpha value is -0.420. The topological polar surface area (TPSA) is 39.9 Å². The van der Waals surface area contributed by atoms with Crippen molar-refractivity contribution in [2.24, 2.45) is 13.0 Å². The summed E-state index contributed by atoms with van der Waals surface area (Å²) < 4.78 is 7.92. The van der Waals surface area contributed by atoms with Crippen LogP contribution in [0, 0.1) is 5.92 Å². The average molecular weight is 288 g/mol. The van der Waals surface area contributed by atoms with Crippen molar-refractivity contribution in [3.05, 3.63) is 11.6 Å². The lowest BCUT2D eigenvalue weighted by atomic mass is 9.89. The number of ether oxygens (including phenoxy) is 1. The highest BCUT2D eigenvalue weighted by molar-refractivity contribution is 9.08. The van der Waals surface area contributed by atoms with Crippen LogP contribution in [0.3, 0.4) is 0 Å². The molecule has 1 aliphatic heterocycles. The third-order valence-electron chi connectivity index (χ3n) is 3.66. The van der Waals surface area contributed by atoms with E-state index >= 15 is 0 Å². The molecule has 1 aliphatic rings. The Morgan fingerprint density at radius 3 is 2.38 bits per heavy atom. The second-order valence-corrected chi connectivity index (χ2v) is 5.16. The summed E-state index contributed by atoms with van der Waals surface area (Å²) in [6, 6.07) is 0. The van der Waals surface area contributed by atoms with E-state index in [-0.39, 0.29) is 6.10 Å². The first-order valence-electron chi connectivity index (χ1n) is 5.65. The maximum Gasteiger partial charge on any atom is 0.143 e. The molecule has 0 N–H and O–H groups in total. The zero-order valence-corrected chi connectivity index (χ0v) is 11.7. The maximum atomic E-state index is 5.85. The van der Waals surface area contributed by atoms with Crippen molar-refractivity contribution in [2.45, 2.75) is 44.2 Å². The highest BCUT2D eigenvalue weighted by atomic mass is 79.9. The standard InChI is InChI=1S/C11H18BrN3O/c1-6-7(2)16-8(3)10(6)11-14-13-9(5-12)15(11)4/h6-8,10H,5H2,1-4H3. The van der Waals surface area contributed by atoms with E-state index in [0.29, 0.717) is 17.9 Å². The van der Waals surface area contributed by atoms with Gasteiger partial charge in [0.2, 0.25) is 0 Å². The van der Waals surface area contributed by atoms with Crippen molar-refractivity contribution in [2.75, 3.05) is 0 Å².